The molecule has 0 aliphatic carbocycles. The average Bonchev–Trinajstić information content (AvgIpc) is 2.70. The molecule has 0 aliphatic heterocycles. The number of anilines is 1. The highest BCUT2D eigenvalue weighted by atomic mass is 32.2. The number of amides is 1. The molecule has 2 rings (SSSR count). The first kappa shape index (κ1) is 23.0. The van der Waals surface area contributed by atoms with Gasteiger partial charge in [-0.05, 0) is 30.5 Å². The Morgan fingerprint density at radius 3 is 2.24 bits per heavy atom. The van der Waals surface area contributed by atoms with Crippen molar-refractivity contribution in [1.29, 1.82) is 0 Å². The highest BCUT2D eigenvalue weighted by Crippen LogP contribution is 2.27. The lowest BCUT2D eigenvalue weighted by molar-refractivity contribution is -0.129. The summed E-state index contributed by atoms with van der Waals surface area (Å²) in [5.41, 5.74) is 0.537. The second-order valence-electron chi connectivity index (χ2n) is 7.28. The number of hydrogen-bond donors (Lipinski definition) is 1. The number of nitrogens with one attached hydrogen (secondary N) is 1. The van der Waals surface area contributed by atoms with Crippen molar-refractivity contribution in [3.63, 3.8) is 0 Å². The molecule has 0 unspecified atom stereocenters. The molecule has 0 atom stereocenters. The zero-order chi connectivity index (χ0) is 21.4. The molecule has 0 bridgehead atoms. The van der Waals surface area contributed by atoms with Crippen molar-refractivity contribution in [3.8, 4) is 0 Å². The molecule has 0 spiro atoms. The summed E-state index contributed by atoms with van der Waals surface area (Å²) in [5, 5.41) is 2.90. The number of benzene rings is 2. The van der Waals surface area contributed by atoms with Crippen LogP contribution in [-0.2, 0) is 14.3 Å². The van der Waals surface area contributed by atoms with Gasteiger partial charge in [-0.2, -0.15) is 0 Å². The summed E-state index contributed by atoms with van der Waals surface area (Å²) in [6.07, 6.45) is 1.95. The van der Waals surface area contributed by atoms with E-state index in [1.165, 1.54) is 11.8 Å². The quantitative estimate of drug-likeness (QED) is 0.473. The third-order valence-electron chi connectivity index (χ3n) is 4.02. The van der Waals surface area contributed by atoms with E-state index >= 15 is 0 Å². The third kappa shape index (κ3) is 6.94. The molecule has 0 aromatic heterocycles. The van der Waals surface area contributed by atoms with Crippen LogP contribution < -0.4 is 5.32 Å². The molecule has 2 aromatic carbocycles. The van der Waals surface area contributed by atoms with E-state index in [0.717, 1.165) is 10.6 Å². The molecular weight excluding hydrogens is 406 g/mol. The van der Waals surface area contributed by atoms with Gasteiger partial charge >= 0.3 is 5.97 Å². The van der Waals surface area contributed by atoms with Crippen LogP contribution >= 0.6 is 23.5 Å². The zero-order valence-electron chi connectivity index (χ0n) is 17.0. The third-order valence-corrected chi connectivity index (χ3v) is 5.89. The number of para-hydroxylation sites is 1. The van der Waals surface area contributed by atoms with Crippen LogP contribution in [0.2, 0.25) is 0 Å². The largest absolute Gasteiger partial charge is 0.454 e. The smallest absolute Gasteiger partial charge is 0.339 e. The van der Waals surface area contributed by atoms with Crippen molar-refractivity contribution >= 4 is 46.9 Å². The van der Waals surface area contributed by atoms with Crippen LogP contribution in [0.4, 0.5) is 5.69 Å². The van der Waals surface area contributed by atoms with Gasteiger partial charge in [0, 0.05) is 15.2 Å². The lowest BCUT2D eigenvalue weighted by atomic mass is 9.91. The Hall–Kier alpha value is -2.25. The van der Waals surface area contributed by atoms with E-state index < -0.39 is 11.4 Å². The molecule has 0 fully saturated rings. The van der Waals surface area contributed by atoms with Crippen LogP contribution in [-0.4, -0.2) is 36.3 Å². The molecular formula is C22H25NO4S2. The van der Waals surface area contributed by atoms with E-state index in [1.807, 2.05) is 30.5 Å². The van der Waals surface area contributed by atoms with Crippen molar-refractivity contribution in [2.75, 3.05) is 23.9 Å². The molecule has 0 radical (unpaired) electrons. The van der Waals surface area contributed by atoms with Crippen LogP contribution in [0, 0.1) is 5.41 Å². The molecule has 154 valence electrons. The summed E-state index contributed by atoms with van der Waals surface area (Å²) in [5.74, 6) is -0.738. The van der Waals surface area contributed by atoms with E-state index in [4.69, 9.17) is 4.74 Å². The van der Waals surface area contributed by atoms with E-state index in [-0.39, 0.29) is 24.1 Å². The molecule has 0 saturated heterocycles. The van der Waals surface area contributed by atoms with Gasteiger partial charge in [-0.15, -0.1) is 23.5 Å². The summed E-state index contributed by atoms with van der Waals surface area (Å²) in [7, 11) is 0. The van der Waals surface area contributed by atoms with Crippen molar-refractivity contribution in [2.24, 2.45) is 5.41 Å². The first-order chi connectivity index (χ1) is 13.7. The van der Waals surface area contributed by atoms with Gasteiger partial charge in [0.1, 0.15) is 0 Å². The topological polar surface area (TPSA) is 72.5 Å². The molecule has 7 heteroatoms. The molecule has 29 heavy (non-hydrogen) atoms. The summed E-state index contributed by atoms with van der Waals surface area (Å²) < 4.78 is 5.18. The van der Waals surface area contributed by atoms with Crippen LogP contribution in [0.1, 0.15) is 31.1 Å². The average molecular weight is 432 g/mol. The Labute approximate surface area is 180 Å². The number of ketones is 1. The minimum absolute atomic E-state index is 0.147. The summed E-state index contributed by atoms with van der Waals surface area (Å²) in [4.78, 5) is 38.4. The van der Waals surface area contributed by atoms with Gasteiger partial charge in [-0.25, -0.2) is 4.79 Å². The SMILES string of the molecule is CSc1ccccc1NC(=O)CSc1ccccc1C(=O)OCC(=O)C(C)(C)C. The molecule has 2 aromatic rings. The number of Topliss-reactive ketones (excluding diaryl/α,β-unsaturated/α-hetero) is 1. The van der Waals surface area contributed by atoms with Gasteiger partial charge in [0.15, 0.2) is 12.4 Å². The maximum atomic E-state index is 12.4. The number of rotatable bonds is 8. The second kappa shape index (κ2) is 10.5. The number of thioether (sulfide) groups is 2. The maximum Gasteiger partial charge on any atom is 0.339 e. The Morgan fingerprint density at radius 2 is 1.59 bits per heavy atom. The number of esters is 1. The number of hydrogen-bond acceptors (Lipinski definition) is 6. The van der Waals surface area contributed by atoms with Crippen molar-refractivity contribution in [1.82, 2.24) is 0 Å². The highest BCUT2D eigenvalue weighted by molar-refractivity contribution is 8.00. The normalized spacial score (nSPS) is 11.0. The zero-order valence-corrected chi connectivity index (χ0v) is 18.6. The van der Waals surface area contributed by atoms with Crippen LogP contribution in [0.25, 0.3) is 0 Å². The number of carbonyl (C=O) groups excluding carboxylic acids is 3. The van der Waals surface area contributed by atoms with E-state index in [2.05, 4.69) is 5.32 Å². The van der Waals surface area contributed by atoms with Crippen molar-refractivity contribution < 1.29 is 19.1 Å². The number of carbonyl (C=O) groups is 3. The second-order valence-corrected chi connectivity index (χ2v) is 9.15. The van der Waals surface area contributed by atoms with E-state index in [1.54, 1.807) is 56.8 Å². The lowest BCUT2D eigenvalue weighted by Gasteiger charge is -2.16. The Balaban J connectivity index is 1.99. The van der Waals surface area contributed by atoms with Gasteiger partial charge in [0.25, 0.3) is 0 Å². The first-order valence-electron chi connectivity index (χ1n) is 9.07. The van der Waals surface area contributed by atoms with Gasteiger partial charge in [-0.3, -0.25) is 9.59 Å². The molecule has 0 heterocycles. The van der Waals surface area contributed by atoms with Gasteiger partial charge < -0.3 is 10.1 Å². The monoisotopic (exact) mass is 431 g/mol. The van der Waals surface area contributed by atoms with E-state index in [0.29, 0.717) is 10.5 Å². The Bertz CT molecular complexity index is 890. The molecule has 1 amide bonds. The van der Waals surface area contributed by atoms with Gasteiger partial charge in [-0.1, -0.05) is 45.0 Å². The molecule has 0 aliphatic rings. The predicted octanol–water partition coefficient (Wildman–Crippen LogP) is 4.91. The van der Waals surface area contributed by atoms with Crippen LogP contribution in [0.3, 0.4) is 0 Å². The van der Waals surface area contributed by atoms with E-state index in [9.17, 15) is 14.4 Å². The van der Waals surface area contributed by atoms with Crippen molar-refractivity contribution in [3.05, 3.63) is 54.1 Å². The fourth-order valence-electron chi connectivity index (χ4n) is 2.26. The number of ether oxygens (including phenoxy) is 1. The molecule has 0 saturated carbocycles. The summed E-state index contributed by atoms with van der Waals surface area (Å²) in [6.45, 7) is 5.07. The predicted molar refractivity (Wildman–Crippen MR) is 119 cm³/mol. The summed E-state index contributed by atoms with van der Waals surface area (Å²) >= 11 is 2.81. The van der Waals surface area contributed by atoms with Crippen LogP contribution in [0.5, 0.6) is 0 Å². The fraction of sp³-hybridized carbons (Fsp3) is 0.318. The van der Waals surface area contributed by atoms with Crippen LogP contribution in [0.15, 0.2) is 58.3 Å². The fourth-order valence-corrected chi connectivity index (χ4v) is 3.66. The molecule has 1 N–H and O–H groups in total. The first-order valence-corrected chi connectivity index (χ1v) is 11.3. The Kier molecular flexibility index (Phi) is 8.34. The Morgan fingerprint density at radius 1 is 0.966 bits per heavy atom. The minimum atomic E-state index is -0.571. The van der Waals surface area contributed by atoms with Gasteiger partial charge in [0.2, 0.25) is 5.91 Å². The minimum Gasteiger partial charge on any atom is -0.454 e. The maximum absolute atomic E-state index is 12.4. The highest BCUT2D eigenvalue weighted by Gasteiger charge is 2.23. The van der Waals surface area contributed by atoms with Crippen molar-refractivity contribution in [2.45, 2.75) is 30.6 Å². The van der Waals surface area contributed by atoms with Gasteiger partial charge in [0.05, 0.1) is 17.0 Å². The molecule has 5 nitrogen and oxygen atoms in total. The summed E-state index contributed by atoms with van der Waals surface area (Å²) in [6, 6.07) is 14.5. The lowest BCUT2D eigenvalue weighted by Crippen LogP contribution is -2.26. The standard InChI is InChI=1S/C22H25NO4S2/c1-22(2,3)19(24)13-27-21(26)15-9-5-7-11-17(15)29-14-20(25)23-16-10-6-8-12-18(16)28-4/h5-12H,13-14H2,1-4H3,(H,23,25).